The Morgan fingerprint density at radius 2 is 1.88 bits per heavy atom. The molecule has 4 rings (SSSR count). The van der Waals surface area contributed by atoms with E-state index in [0.29, 0.717) is 5.56 Å². The minimum atomic E-state index is -0.459. The Kier molecular flexibility index (Phi) is 4.31. The fraction of sp³-hybridized carbons (Fsp3) is 0.0526. The number of nitrogens with zero attached hydrogens (tertiary/aromatic N) is 2. The first-order valence-corrected chi connectivity index (χ1v) is 7.68. The van der Waals surface area contributed by atoms with Crippen molar-refractivity contribution in [3.63, 3.8) is 0 Å². The van der Waals surface area contributed by atoms with E-state index in [0.717, 1.165) is 33.1 Å². The summed E-state index contributed by atoms with van der Waals surface area (Å²) in [6.07, 6.45) is 3.55. The summed E-state index contributed by atoms with van der Waals surface area (Å²) >= 11 is 5.78. The number of rotatable bonds is 2. The topological polar surface area (TPSA) is 34.9 Å². The summed E-state index contributed by atoms with van der Waals surface area (Å²) in [7, 11) is 0. The predicted molar refractivity (Wildman–Crippen MR) is 101 cm³/mol. The molecule has 0 saturated heterocycles. The van der Waals surface area contributed by atoms with Gasteiger partial charge in [-0.1, -0.05) is 35.9 Å². The standard InChI is InChI=1S/C19H13ClN2O.ClH/c1-12-6-7-17-15(10-12)16(18(20)23)11-22(17)19-14-5-3-2-4-13(14)8-9-21-19;/h2-11H,1H3;1H. The fourth-order valence-corrected chi connectivity index (χ4v) is 3.12. The first kappa shape index (κ1) is 16.5. The quantitative estimate of drug-likeness (QED) is 0.457. The van der Waals surface area contributed by atoms with Gasteiger partial charge in [0.15, 0.2) is 0 Å². The Bertz CT molecular complexity index is 1060. The van der Waals surface area contributed by atoms with E-state index in [9.17, 15) is 4.79 Å². The summed E-state index contributed by atoms with van der Waals surface area (Å²) in [5.74, 6) is 0.793. The van der Waals surface area contributed by atoms with Gasteiger partial charge in [0, 0.05) is 23.2 Å². The molecule has 2 aromatic heterocycles. The molecule has 4 aromatic rings. The number of hydrogen-bond acceptors (Lipinski definition) is 2. The predicted octanol–water partition coefficient (Wildman–Crippen LogP) is 5.29. The van der Waals surface area contributed by atoms with Crippen molar-refractivity contribution < 1.29 is 4.79 Å². The molecule has 24 heavy (non-hydrogen) atoms. The van der Waals surface area contributed by atoms with Crippen LogP contribution in [0.1, 0.15) is 15.9 Å². The number of hydrogen-bond donors (Lipinski definition) is 0. The molecule has 0 aliphatic carbocycles. The molecule has 0 fully saturated rings. The Morgan fingerprint density at radius 1 is 1.08 bits per heavy atom. The van der Waals surface area contributed by atoms with E-state index in [1.807, 2.05) is 60.0 Å². The molecule has 0 bridgehead atoms. The second-order valence-electron chi connectivity index (χ2n) is 5.56. The summed E-state index contributed by atoms with van der Waals surface area (Å²) in [5, 5.41) is 2.52. The van der Waals surface area contributed by atoms with Crippen molar-refractivity contribution in [2.24, 2.45) is 0 Å². The van der Waals surface area contributed by atoms with Crippen LogP contribution < -0.4 is 0 Å². The van der Waals surface area contributed by atoms with Gasteiger partial charge in [-0.15, -0.1) is 12.4 Å². The monoisotopic (exact) mass is 356 g/mol. The van der Waals surface area contributed by atoms with E-state index >= 15 is 0 Å². The highest BCUT2D eigenvalue weighted by Crippen LogP contribution is 2.29. The molecule has 2 aromatic carbocycles. The molecule has 0 spiro atoms. The maximum absolute atomic E-state index is 11.8. The van der Waals surface area contributed by atoms with Gasteiger partial charge in [-0.2, -0.15) is 0 Å². The number of pyridine rings is 1. The Hall–Kier alpha value is -2.36. The normalized spacial score (nSPS) is 10.8. The summed E-state index contributed by atoms with van der Waals surface area (Å²) in [5.41, 5.74) is 2.50. The second-order valence-corrected chi connectivity index (χ2v) is 5.91. The van der Waals surface area contributed by atoms with E-state index in [2.05, 4.69) is 4.98 Å². The number of halogens is 2. The minimum Gasteiger partial charge on any atom is -0.300 e. The highest BCUT2D eigenvalue weighted by molar-refractivity contribution is 6.68. The summed E-state index contributed by atoms with van der Waals surface area (Å²) in [4.78, 5) is 16.3. The van der Waals surface area contributed by atoms with Gasteiger partial charge in [0.1, 0.15) is 5.82 Å². The first-order chi connectivity index (χ1) is 11.1. The zero-order chi connectivity index (χ0) is 16.0. The van der Waals surface area contributed by atoms with Gasteiger partial charge in [-0.3, -0.25) is 9.36 Å². The lowest BCUT2D eigenvalue weighted by molar-refractivity contribution is 0.108. The van der Waals surface area contributed by atoms with Crippen molar-refractivity contribution in [2.45, 2.75) is 6.92 Å². The van der Waals surface area contributed by atoms with E-state index in [1.165, 1.54) is 0 Å². The van der Waals surface area contributed by atoms with Crippen LogP contribution in [0.15, 0.2) is 60.9 Å². The summed E-state index contributed by atoms with van der Waals surface area (Å²) in [6.45, 7) is 2.00. The maximum Gasteiger partial charge on any atom is 0.254 e. The average Bonchev–Trinajstić information content (AvgIpc) is 2.93. The van der Waals surface area contributed by atoms with Crippen LogP contribution in [0.2, 0.25) is 0 Å². The van der Waals surface area contributed by atoms with Crippen LogP contribution in [-0.2, 0) is 0 Å². The average molecular weight is 357 g/mol. The molecular weight excluding hydrogens is 343 g/mol. The van der Waals surface area contributed by atoms with Crippen molar-refractivity contribution in [1.82, 2.24) is 9.55 Å². The van der Waals surface area contributed by atoms with E-state index in [-0.39, 0.29) is 12.4 Å². The van der Waals surface area contributed by atoms with Crippen LogP contribution >= 0.6 is 24.0 Å². The molecule has 0 amide bonds. The van der Waals surface area contributed by atoms with E-state index in [1.54, 1.807) is 12.4 Å². The third-order valence-electron chi connectivity index (χ3n) is 4.05. The van der Waals surface area contributed by atoms with Crippen molar-refractivity contribution in [3.8, 4) is 5.82 Å². The van der Waals surface area contributed by atoms with Crippen LogP contribution in [0.25, 0.3) is 27.5 Å². The van der Waals surface area contributed by atoms with Crippen molar-refractivity contribution >= 4 is 50.9 Å². The number of fused-ring (bicyclic) bond motifs is 2. The zero-order valence-electron chi connectivity index (χ0n) is 12.9. The molecule has 2 heterocycles. The Labute approximate surface area is 150 Å². The lowest BCUT2D eigenvalue weighted by Crippen LogP contribution is -1.97. The number of aromatic nitrogens is 2. The van der Waals surface area contributed by atoms with Crippen LogP contribution in [0.4, 0.5) is 0 Å². The molecule has 120 valence electrons. The van der Waals surface area contributed by atoms with Crippen LogP contribution in [0.5, 0.6) is 0 Å². The van der Waals surface area contributed by atoms with E-state index in [4.69, 9.17) is 11.6 Å². The molecule has 0 unspecified atom stereocenters. The molecule has 0 aliphatic rings. The molecule has 3 nitrogen and oxygen atoms in total. The first-order valence-electron chi connectivity index (χ1n) is 7.31. The largest absolute Gasteiger partial charge is 0.300 e. The minimum absolute atomic E-state index is 0. The third-order valence-corrected chi connectivity index (χ3v) is 4.26. The number of carbonyl (C=O) groups is 1. The van der Waals surface area contributed by atoms with Gasteiger partial charge in [0.2, 0.25) is 0 Å². The Morgan fingerprint density at radius 3 is 2.67 bits per heavy atom. The van der Waals surface area contributed by atoms with Gasteiger partial charge >= 0.3 is 0 Å². The Balaban J connectivity index is 0.00000169. The van der Waals surface area contributed by atoms with Gasteiger partial charge < -0.3 is 0 Å². The van der Waals surface area contributed by atoms with Crippen LogP contribution in [-0.4, -0.2) is 14.8 Å². The van der Waals surface area contributed by atoms with Crippen LogP contribution in [0, 0.1) is 6.92 Å². The van der Waals surface area contributed by atoms with Gasteiger partial charge in [-0.25, -0.2) is 4.98 Å². The molecule has 0 atom stereocenters. The van der Waals surface area contributed by atoms with Gasteiger partial charge in [0.05, 0.1) is 11.1 Å². The zero-order valence-corrected chi connectivity index (χ0v) is 14.4. The third kappa shape index (κ3) is 2.56. The second kappa shape index (κ2) is 6.27. The molecular formula is C19H14Cl2N2O. The number of aryl methyl sites for hydroxylation is 1. The SMILES string of the molecule is Cc1ccc2c(c1)c(C(=O)Cl)cn2-c1nccc2ccccc12.Cl. The van der Waals surface area contributed by atoms with Crippen molar-refractivity contribution in [3.05, 3.63) is 72.1 Å². The molecule has 0 radical (unpaired) electrons. The molecule has 0 aliphatic heterocycles. The number of benzene rings is 2. The van der Waals surface area contributed by atoms with Gasteiger partial charge in [-0.05, 0) is 42.1 Å². The number of carbonyl (C=O) groups excluding carboxylic acids is 1. The summed E-state index contributed by atoms with van der Waals surface area (Å²) < 4.78 is 1.94. The summed E-state index contributed by atoms with van der Waals surface area (Å²) in [6, 6.07) is 16.0. The highest BCUT2D eigenvalue weighted by Gasteiger charge is 2.16. The fourth-order valence-electron chi connectivity index (χ4n) is 2.97. The van der Waals surface area contributed by atoms with E-state index < -0.39 is 5.24 Å². The molecule has 0 N–H and O–H groups in total. The maximum atomic E-state index is 11.8. The lowest BCUT2D eigenvalue weighted by Gasteiger charge is -2.08. The lowest BCUT2D eigenvalue weighted by atomic mass is 10.1. The highest BCUT2D eigenvalue weighted by atomic mass is 35.5. The van der Waals surface area contributed by atoms with Crippen LogP contribution in [0.3, 0.4) is 0 Å². The molecule has 0 saturated carbocycles. The van der Waals surface area contributed by atoms with Crippen molar-refractivity contribution in [1.29, 1.82) is 0 Å². The molecule has 5 heteroatoms. The van der Waals surface area contributed by atoms with Crippen molar-refractivity contribution in [2.75, 3.05) is 0 Å². The smallest absolute Gasteiger partial charge is 0.254 e. The van der Waals surface area contributed by atoms with Gasteiger partial charge in [0.25, 0.3) is 5.24 Å².